The van der Waals surface area contributed by atoms with Crippen molar-refractivity contribution in [2.75, 3.05) is 0 Å². The summed E-state index contributed by atoms with van der Waals surface area (Å²) < 4.78 is 1.70. The van der Waals surface area contributed by atoms with Gasteiger partial charge in [-0.2, -0.15) is 5.10 Å². The van der Waals surface area contributed by atoms with E-state index in [0.717, 1.165) is 18.4 Å². The van der Waals surface area contributed by atoms with Crippen LogP contribution >= 0.6 is 0 Å². The number of carbonyl (C=O) groups excluding carboxylic acids is 2. The molecule has 1 fully saturated rings. The zero-order valence-electron chi connectivity index (χ0n) is 10.1. The summed E-state index contributed by atoms with van der Waals surface area (Å²) in [7, 11) is 1.84. The van der Waals surface area contributed by atoms with E-state index in [1.54, 1.807) is 10.9 Å². The lowest BCUT2D eigenvalue weighted by atomic mass is 9.79. The minimum Gasteiger partial charge on any atom is -0.296 e. The Hall–Kier alpha value is -1.65. The largest absolute Gasteiger partial charge is 0.296 e. The van der Waals surface area contributed by atoms with Gasteiger partial charge >= 0.3 is 0 Å². The van der Waals surface area contributed by atoms with Crippen LogP contribution in [0.5, 0.6) is 0 Å². The Morgan fingerprint density at radius 2 is 2.29 bits per heavy atom. The normalized spacial score (nSPS) is 24.8. The molecule has 0 aromatic carbocycles. The van der Waals surface area contributed by atoms with Gasteiger partial charge in [-0.1, -0.05) is 13.3 Å². The van der Waals surface area contributed by atoms with Crippen molar-refractivity contribution in [1.29, 1.82) is 0 Å². The van der Waals surface area contributed by atoms with Gasteiger partial charge in [-0.05, 0) is 12.0 Å². The molecule has 2 rings (SSSR count). The molecule has 2 amide bonds. The number of rotatable bonds is 3. The lowest BCUT2D eigenvalue weighted by Gasteiger charge is -2.29. The van der Waals surface area contributed by atoms with Crippen LogP contribution in [-0.2, 0) is 16.6 Å². The zero-order chi connectivity index (χ0) is 12.4. The van der Waals surface area contributed by atoms with Gasteiger partial charge in [0.15, 0.2) is 0 Å². The van der Waals surface area contributed by atoms with Gasteiger partial charge in [0.2, 0.25) is 11.8 Å². The van der Waals surface area contributed by atoms with Gasteiger partial charge in [0.05, 0.1) is 6.20 Å². The molecule has 0 aliphatic carbocycles. The molecule has 92 valence electrons. The number of imide groups is 1. The number of aryl methyl sites for hydroxylation is 1. The van der Waals surface area contributed by atoms with Crippen LogP contribution in [0.4, 0.5) is 0 Å². The van der Waals surface area contributed by atoms with Crippen LogP contribution in [0.2, 0.25) is 0 Å². The number of carbonyl (C=O) groups is 2. The van der Waals surface area contributed by atoms with Crippen LogP contribution in [0.15, 0.2) is 12.4 Å². The van der Waals surface area contributed by atoms with Crippen LogP contribution in [0.25, 0.3) is 0 Å². The molecule has 1 aliphatic heterocycles. The number of nitrogens with zero attached hydrogens (tertiary/aromatic N) is 2. The van der Waals surface area contributed by atoms with Gasteiger partial charge < -0.3 is 0 Å². The summed E-state index contributed by atoms with van der Waals surface area (Å²) in [6.07, 6.45) is 5.75. The third kappa shape index (κ3) is 2.38. The first-order valence-electron chi connectivity index (χ1n) is 5.94. The summed E-state index contributed by atoms with van der Waals surface area (Å²) in [5.74, 6) is -0.458. The van der Waals surface area contributed by atoms with E-state index in [1.165, 1.54) is 0 Å². The van der Waals surface area contributed by atoms with Gasteiger partial charge in [-0.15, -0.1) is 0 Å². The van der Waals surface area contributed by atoms with Gasteiger partial charge in [0.25, 0.3) is 0 Å². The van der Waals surface area contributed by atoms with Crippen molar-refractivity contribution in [2.45, 2.75) is 32.1 Å². The van der Waals surface area contributed by atoms with Gasteiger partial charge in [-0.25, -0.2) is 0 Å². The maximum Gasteiger partial charge on any atom is 0.230 e. The second-order valence-corrected chi connectivity index (χ2v) is 4.57. The smallest absolute Gasteiger partial charge is 0.230 e. The number of aromatic nitrogens is 2. The Labute approximate surface area is 100 Å². The standard InChI is InChI=1S/C12H17N3O2/c1-3-4-9-10(5-11(16)14-12(9)17)8-6-13-15(2)7-8/h6-7,9-10H,3-5H2,1-2H3,(H,14,16,17). The quantitative estimate of drug-likeness (QED) is 0.794. The fourth-order valence-electron chi connectivity index (χ4n) is 2.43. The van der Waals surface area contributed by atoms with E-state index in [-0.39, 0.29) is 23.7 Å². The predicted molar refractivity (Wildman–Crippen MR) is 62.1 cm³/mol. The fourth-order valence-corrected chi connectivity index (χ4v) is 2.43. The van der Waals surface area contributed by atoms with Crippen LogP contribution in [0.1, 0.15) is 37.7 Å². The highest BCUT2D eigenvalue weighted by Crippen LogP contribution is 2.33. The molecule has 1 aliphatic rings. The molecule has 17 heavy (non-hydrogen) atoms. The lowest BCUT2D eigenvalue weighted by molar-refractivity contribution is -0.137. The maximum atomic E-state index is 11.8. The topological polar surface area (TPSA) is 64.0 Å². The maximum absolute atomic E-state index is 11.8. The molecule has 2 heterocycles. The van der Waals surface area contributed by atoms with E-state index in [2.05, 4.69) is 10.4 Å². The van der Waals surface area contributed by atoms with E-state index < -0.39 is 0 Å². The molecular formula is C12H17N3O2. The summed E-state index contributed by atoms with van der Waals surface area (Å²) in [6, 6.07) is 0. The molecule has 1 saturated heterocycles. The lowest BCUT2D eigenvalue weighted by Crippen LogP contribution is -2.44. The highest BCUT2D eigenvalue weighted by atomic mass is 16.2. The molecule has 5 heteroatoms. The van der Waals surface area contributed by atoms with Crippen molar-refractivity contribution in [3.05, 3.63) is 18.0 Å². The number of hydrogen-bond donors (Lipinski definition) is 1. The summed E-state index contributed by atoms with van der Waals surface area (Å²) in [5, 5.41) is 6.53. The number of hydrogen-bond acceptors (Lipinski definition) is 3. The fraction of sp³-hybridized carbons (Fsp3) is 0.583. The summed E-state index contributed by atoms with van der Waals surface area (Å²) in [5.41, 5.74) is 0.981. The minimum absolute atomic E-state index is 0.0232. The van der Waals surface area contributed by atoms with Crippen LogP contribution in [-0.4, -0.2) is 21.6 Å². The first-order chi connectivity index (χ1) is 8.11. The predicted octanol–water partition coefficient (Wildman–Crippen LogP) is 0.966. The van der Waals surface area contributed by atoms with Gasteiger partial charge in [-0.3, -0.25) is 19.6 Å². The van der Waals surface area contributed by atoms with Crippen molar-refractivity contribution in [3.8, 4) is 0 Å². The zero-order valence-corrected chi connectivity index (χ0v) is 10.1. The Morgan fingerprint density at radius 1 is 1.53 bits per heavy atom. The van der Waals surface area contributed by atoms with Gasteiger partial charge in [0.1, 0.15) is 0 Å². The van der Waals surface area contributed by atoms with Crippen molar-refractivity contribution in [2.24, 2.45) is 13.0 Å². The summed E-state index contributed by atoms with van der Waals surface area (Å²) in [6.45, 7) is 2.05. The van der Waals surface area contributed by atoms with Crippen molar-refractivity contribution in [3.63, 3.8) is 0 Å². The van der Waals surface area contributed by atoms with Crippen molar-refractivity contribution >= 4 is 11.8 Å². The summed E-state index contributed by atoms with van der Waals surface area (Å²) >= 11 is 0. The molecule has 0 bridgehead atoms. The first kappa shape index (κ1) is 11.8. The van der Waals surface area contributed by atoms with Crippen molar-refractivity contribution in [1.82, 2.24) is 15.1 Å². The van der Waals surface area contributed by atoms with Crippen LogP contribution in [0.3, 0.4) is 0 Å². The summed E-state index contributed by atoms with van der Waals surface area (Å²) in [4.78, 5) is 23.3. The molecule has 1 aromatic heterocycles. The number of nitrogens with one attached hydrogen (secondary N) is 1. The van der Waals surface area contributed by atoms with E-state index >= 15 is 0 Å². The van der Waals surface area contributed by atoms with Crippen LogP contribution in [0, 0.1) is 5.92 Å². The van der Waals surface area contributed by atoms with Gasteiger partial charge in [0, 0.05) is 31.5 Å². The first-order valence-corrected chi connectivity index (χ1v) is 5.94. The molecule has 2 atom stereocenters. The number of amides is 2. The van der Waals surface area contributed by atoms with E-state index in [9.17, 15) is 9.59 Å². The second-order valence-electron chi connectivity index (χ2n) is 4.57. The molecule has 0 spiro atoms. The Bertz CT molecular complexity index is 439. The monoisotopic (exact) mass is 235 g/mol. The minimum atomic E-state index is -0.184. The van der Waals surface area contributed by atoms with E-state index in [1.807, 2.05) is 20.2 Å². The number of piperidine rings is 1. The van der Waals surface area contributed by atoms with E-state index in [0.29, 0.717) is 6.42 Å². The average Bonchev–Trinajstić information content (AvgIpc) is 2.68. The molecular weight excluding hydrogens is 218 g/mol. The Kier molecular flexibility index (Phi) is 3.26. The Morgan fingerprint density at radius 3 is 2.88 bits per heavy atom. The molecule has 1 aromatic rings. The molecule has 1 N–H and O–H groups in total. The van der Waals surface area contributed by atoms with Crippen LogP contribution < -0.4 is 5.32 Å². The molecule has 2 unspecified atom stereocenters. The Balaban J connectivity index is 2.26. The van der Waals surface area contributed by atoms with E-state index in [4.69, 9.17) is 0 Å². The molecule has 0 saturated carbocycles. The third-order valence-corrected chi connectivity index (χ3v) is 3.24. The third-order valence-electron chi connectivity index (χ3n) is 3.24. The highest BCUT2D eigenvalue weighted by molar-refractivity contribution is 5.99. The average molecular weight is 235 g/mol. The molecule has 0 radical (unpaired) electrons. The second kappa shape index (κ2) is 4.69. The van der Waals surface area contributed by atoms with Crippen molar-refractivity contribution < 1.29 is 9.59 Å². The highest BCUT2D eigenvalue weighted by Gasteiger charge is 2.36. The molecule has 5 nitrogen and oxygen atoms in total. The SMILES string of the molecule is CCCC1C(=O)NC(=O)CC1c1cnn(C)c1.